The summed E-state index contributed by atoms with van der Waals surface area (Å²) in [5.74, 6) is 0. The van der Waals surface area contributed by atoms with E-state index in [1.54, 1.807) is 0 Å². The van der Waals surface area contributed by atoms with Gasteiger partial charge < -0.3 is 4.52 Å². The van der Waals surface area contributed by atoms with Gasteiger partial charge in [-0.15, -0.1) is 0 Å². The molecule has 4 nitrogen and oxygen atoms in total. The lowest BCUT2D eigenvalue weighted by Gasteiger charge is -2.02. The van der Waals surface area contributed by atoms with Crippen molar-refractivity contribution in [2.24, 2.45) is 11.0 Å². The summed E-state index contributed by atoms with van der Waals surface area (Å²) in [6.45, 7) is 0. The smallest absolute Gasteiger partial charge is 0.384 e. The Hall–Kier alpha value is 0.270. The van der Waals surface area contributed by atoms with E-state index in [1.165, 1.54) is 0 Å². The Bertz CT molecular complexity index is 160. The van der Waals surface area contributed by atoms with E-state index in [-0.39, 0.29) is 4.49 Å². The van der Waals surface area contributed by atoms with Gasteiger partial charge in [0.15, 0.2) is 0 Å². The predicted molar refractivity (Wildman–Crippen MR) is 36.9 cm³/mol. The standard InChI is InChI=1S/C2H5Cl2N2O2P/c3-2(4)1-8-9(5,6)7/h1H,(H4,5,6,7). The third-order valence-electron chi connectivity index (χ3n) is 0.307. The maximum absolute atomic E-state index is 10.3. The van der Waals surface area contributed by atoms with Gasteiger partial charge in [-0.3, -0.25) is 0 Å². The molecule has 54 valence electrons. The number of nitrogens with two attached hydrogens (primary N) is 2. The van der Waals surface area contributed by atoms with E-state index in [4.69, 9.17) is 34.2 Å². The third-order valence-corrected chi connectivity index (χ3v) is 0.920. The van der Waals surface area contributed by atoms with E-state index in [1.807, 2.05) is 0 Å². The topological polar surface area (TPSA) is 78.3 Å². The molecule has 0 aromatic heterocycles. The van der Waals surface area contributed by atoms with E-state index in [9.17, 15) is 4.57 Å². The van der Waals surface area contributed by atoms with Crippen LogP contribution in [-0.4, -0.2) is 0 Å². The molecule has 0 fully saturated rings. The molecule has 0 aliphatic heterocycles. The van der Waals surface area contributed by atoms with Crippen molar-refractivity contribution in [2.75, 3.05) is 0 Å². The van der Waals surface area contributed by atoms with Crippen molar-refractivity contribution in [1.82, 2.24) is 0 Å². The second-order valence-corrected chi connectivity index (χ2v) is 3.67. The Morgan fingerprint density at radius 3 is 2.11 bits per heavy atom. The summed E-state index contributed by atoms with van der Waals surface area (Å²) >= 11 is 10.1. The van der Waals surface area contributed by atoms with Gasteiger partial charge in [-0.1, -0.05) is 23.2 Å². The zero-order valence-corrected chi connectivity index (χ0v) is 6.66. The fourth-order valence-electron chi connectivity index (χ4n) is 0.122. The molecule has 7 heteroatoms. The highest BCUT2D eigenvalue weighted by atomic mass is 35.5. The maximum Gasteiger partial charge on any atom is 0.384 e. The van der Waals surface area contributed by atoms with Gasteiger partial charge in [0.25, 0.3) is 0 Å². The Balaban J connectivity index is 3.79. The lowest BCUT2D eigenvalue weighted by Crippen LogP contribution is -2.04. The van der Waals surface area contributed by atoms with Gasteiger partial charge in [-0.2, -0.15) is 0 Å². The highest BCUT2D eigenvalue weighted by Gasteiger charge is 2.05. The number of hydrogen-bond donors (Lipinski definition) is 2. The van der Waals surface area contributed by atoms with Gasteiger partial charge in [0.05, 0.1) is 0 Å². The molecule has 0 unspecified atom stereocenters. The van der Waals surface area contributed by atoms with Crippen molar-refractivity contribution in [3.05, 3.63) is 10.8 Å². The van der Waals surface area contributed by atoms with Crippen molar-refractivity contribution >= 4 is 30.9 Å². The van der Waals surface area contributed by atoms with Crippen LogP contribution in [0.15, 0.2) is 10.8 Å². The van der Waals surface area contributed by atoms with Crippen LogP contribution in [0.1, 0.15) is 0 Å². The fourth-order valence-corrected chi connectivity index (χ4v) is 0.606. The van der Waals surface area contributed by atoms with Crippen LogP contribution in [0, 0.1) is 0 Å². The highest BCUT2D eigenvalue weighted by Crippen LogP contribution is 2.28. The van der Waals surface area contributed by atoms with E-state index in [0.29, 0.717) is 0 Å². The second kappa shape index (κ2) is 3.44. The summed E-state index contributed by atoms with van der Waals surface area (Å²) in [5.41, 5.74) is 9.47. The minimum atomic E-state index is -3.46. The van der Waals surface area contributed by atoms with Crippen molar-refractivity contribution in [3.63, 3.8) is 0 Å². The molecular weight excluding hydrogens is 186 g/mol. The van der Waals surface area contributed by atoms with Crippen molar-refractivity contribution in [3.8, 4) is 0 Å². The Kier molecular flexibility index (Phi) is 3.54. The fraction of sp³-hybridized carbons (Fsp3) is 0. The van der Waals surface area contributed by atoms with Crippen LogP contribution in [-0.2, 0) is 9.09 Å². The van der Waals surface area contributed by atoms with E-state index in [0.717, 1.165) is 6.26 Å². The van der Waals surface area contributed by atoms with Gasteiger partial charge >= 0.3 is 7.67 Å². The van der Waals surface area contributed by atoms with Gasteiger partial charge in [-0.05, 0) is 0 Å². The first-order chi connectivity index (χ1) is 3.92. The molecule has 0 bridgehead atoms. The molecule has 9 heavy (non-hydrogen) atoms. The molecule has 0 saturated carbocycles. The van der Waals surface area contributed by atoms with Crippen LogP contribution >= 0.6 is 30.9 Å². The summed E-state index contributed by atoms with van der Waals surface area (Å²) in [7, 11) is -3.46. The summed E-state index contributed by atoms with van der Waals surface area (Å²) < 4.78 is 14.3. The molecule has 0 aromatic carbocycles. The molecule has 0 saturated heterocycles. The van der Waals surface area contributed by atoms with E-state index in [2.05, 4.69) is 4.52 Å². The largest absolute Gasteiger partial charge is 0.428 e. The summed E-state index contributed by atoms with van der Waals surface area (Å²) in [5, 5.41) is 0. The molecular formula is C2H5Cl2N2O2P. The first-order valence-corrected chi connectivity index (χ1v) is 4.30. The van der Waals surface area contributed by atoms with Crippen LogP contribution in [0.3, 0.4) is 0 Å². The zero-order valence-electron chi connectivity index (χ0n) is 4.25. The number of hydrogen-bond acceptors (Lipinski definition) is 2. The molecule has 0 amide bonds. The summed E-state index contributed by atoms with van der Waals surface area (Å²) in [6.07, 6.45) is 0.809. The normalized spacial score (nSPS) is 10.7. The monoisotopic (exact) mass is 190 g/mol. The minimum Gasteiger partial charge on any atom is -0.428 e. The lowest BCUT2D eigenvalue weighted by molar-refractivity contribution is 0.442. The minimum absolute atomic E-state index is 0.189. The number of rotatable bonds is 2. The molecule has 0 radical (unpaired) electrons. The van der Waals surface area contributed by atoms with Crippen molar-refractivity contribution < 1.29 is 9.09 Å². The van der Waals surface area contributed by atoms with Gasteiger partial charge in [0.1, 0.15) is 10.8 Å². The average molecular weight is 191 g/mol. The average Bonchev–Trinajstić information content (AvgIpc) is 1.59. The summed E-state index contributed by atoms with van der Waals surface area (Å²) in [4.78, 5) is 0. The first-order valence-electron chi connectivity index (χ1n) is 1.78. The van der Waals surface area contributed by atoms with Crippen LogP contribution < -0.4 is 11.0 Å². The first kappa shape index (κ1) is 9.27. The molecule has 0 rings (SSSR count). The molecule has 0 aliphatic carbocycles. The van der Waals surface area contributed by atoms with Gasteiger partial charge in [0.2, 0.25) is 0 Å². The van der Waals surface area contributed by atoms with E-state index >= 15 is 0 Å². The van der Waals surface area contributed by atoms with Crippen LogP contribution in [0.25, 0.3) is 0 Å². The van der Waals surface area contributed by atoms with Gasteiger partial charge in [-0.25, -0.2) is 15.6 Å². The van der Waals surface area contributed by atoms with Crippen molar-refractivity contribution in [2.45, 2.75) is 0 Å². The third kappa shape index (κ3) is 8.27. The lowest BCUT2D eigenvalue weighted by atomic mass is 11.2. The highest BCUT2D eigenvalue weighted by molar-refractivity contribution is 7.53. The summed E-state index contributed by atoms with van der Waals surface area (Å²) in [6, 6.07) is 0. The zero-order chi connectivity index (χ0) is 7.49. The van der Waals surface area contributed by atoms with Crippen LogP contribution in [0.5, 0.6) is 0 Å². The molecule has 0 atom stereocenters. The van der Waals surface area contributed by atoms with Gasteiger partial charge in [0, 0.05) is 0 Å². The Labute approximate surface area is 62.3 Å². The van der Waals surface area contributed by atoms with Crippen LogP contribution in [0.4, 0.5) is 0 Å². The Morgan fingerprint density at radius 2 is 2.00 bits per heavy atom. The quantitative estimate of drug-likeness (QED) is 0.509. The van der Waals surface area contributed by atoms with Crippen molar-refractivity contribution in [1.29, 1.82) is 0 Å². The molecule has 0 aliphatic rings. The molecule has 0 heterocycles. The molecule has 4 N–H and O–H groups in total. The van der Waals surface area contributed by atoms with Crippen LogP contribution in [0.2, 0.25) is 0 Å². The maximum atomic E-state index is 10.3. The second-order valence-electron chi connectivity index (χ2n) is 1.16. The SMILES string of the molecule is NP(N)(=O)OC=C(Cl)Cl. The number of halogens is 2. The van der Waals surface area contributed by atoms with E-state index < -0.39 is 7.67 Å². The molecule has 0 spiro atoms. The molecule has 0 aromatic rings. The Morgan fingerprint density at radius 1 is 1.56 bits per heavy atom. The predicted octanol–water partition coefficient (Wildman–Crippen LogP) is 1.30.